The lowest BCUT2D eigenvalue weighted by molar-refractivity contribution is 0.421. The fourth-order valence-corrected chi connectivity index (χ4v) is 3.24. The minimum absolute atomic E-state index is 0. The van der Waals surface area contributed by atoms with Crippen LogP contribution in [-0.2, 0) is 13.0 Å². The van der Waals surface area contributed by atoms with E-state index in [1.165, 1.54) is 4.88 Å². The average Bonchev–Trinajstić information content (AvgIpc) is 3.25. The zero-order valence-electron chi connectivity index (χ0n) is 15.4. The average molecular weight is 499 g/mol. The van der Waals surface area contributed by atoms with Gasteiger partial charge in [-0.2, -0.15) is 4.98 Å². The van der Waals surface area contributed by atoms with Crippen LogP contribution in [0.2, 0.25) is 0 Å². The molecule has 0 aliphatic heterocycles. The molecular weight excluding hydrogens is 477 g/mol. The molecule has 0 saturated carbocycles. The van der Waals surface area contributed by atoms with E-state index in [9.17, 15) is 0 Å². The Morgan fingerprint density at radius 1 is 1.22 bits per heavy atom. The summed E-state index contributed by atoms with van der Waals surface area (Å²) >= 11 is 1.69. The van der Waals surface area contributed by atoms with Crippen LogP contribution in [0, 0.1) is 13.8 Å². The number of hydrogen-bond donors (Lipinski definition) is 2. The Balaban J connectivity index is 0.00000261. The third kappa shape index (κ3) is 5.96. The van der Waals surface area contributed by atoms with Crippen molar-refractivity contribution in [2.75, 3.05) is 13.6 Å². The Labute approximate surface area is 179 Å². The van der Waals surface area contributed by atoms with Crippen molar-refractivity contribution in [3.8, 4) is 11.6 Å². The number of aliphatic imine (C=N–C) groups is 1. The van der Waals surface area contributed by atoms with Crippen LogP contribution in [0.15, 0.2) is 33.9 Å². The number of halogens is 1. The first-order valence-corrected chi connectivity index (χ1v) is 9.08. The summed E-state index contributed by atoms with van der Waals surface area (Å²) in [5, 5.41) is 11.6. The molecule has 3 aromatic rings. The van der Waals surface area contributed by atoms with Crippen LogP contribution in [0.25, 0.3) is 11.6 Å². The summed E-state index contributed by atoms with van der Waals surface area (Å²) < 4.78 is 5.25. The molecule has 0 amide bonds. The first kappa shape index (κ1) is 21.2. The maximum atomic E-state index is 5.25. The standard InChI is InChI=1S/C17H21N7OS.HI/c1-11-14(26-12(2)22-11)10-21-17(18-3)20-9-7-15-23-16(25-24-15)13-6-4-5-8-19-13;/h4-6,8H,7,9-10H2,1-3H3,(H2,18,20,21);1H. The second-order valence-corrected chi connectivity index (χ2v) is 6.86. The molecule has 0 aliphatic carbocycles. The predicted octanol–water partition coefficient (Wildman–Crippen LogP) is 2.73. The number of hydrogen-bond acceptors (Lipinski definition) is 7. The fourth-order valence-electron chi connectivity index (χ4n) is 2.36. The molecule has 0 atom stereocenters. The molecule has 3 aromatic heterocycles. The number of thiazole rings is 1. The van der Waals surface area contributed by atoms with Crippen molar-refractivity contribution < 1.29 is 4.52 Å². The van der Waals surface area contributed by atoms with Crippen molar-refractivity contribution in [2.45, 2.75) is 26.8 Å². The Morgan fingerprint density at radius 3 is 2.74 bits per heavy atom. The summed E-state index contributed by atoms with van der Waals surface area (Å²) in [6, 6.07) is 5.57. The number of aryl methyl sites for hydroxylation is 2. The molecular formula is C17H22IN7OS. The van der Waals surface area contributed by atoms with Crippen LogP contribution < -0.4 is 10.6 Å². The lowest BCUT2D eigenvalue weighted by Crippen LogP contribution is -2.37. The zero-order valence-corrected chi connectivity index (χ0v) is 18.5. The van der Waals surface area contributed by atoms with Gasteiger partial charge in [-0.25, -0.2) is 4.98 Å². The molecule has 0 bridgehead atoms. The lowest BCUT2D eigenvalue weighted by Gasteiger charge is -2.10. The van der Waals surface area contributed by atoms with E-state index in [2.05, 4.69) is 35.7 Å². The first-order valence-electron chi connectivity index (χ1n) is 8.27. The third-order valence-corrected chi connectivity index (χ3v) is 4.71. The van der Waals surface area contributed by atoms with Gasteiger partial charge in [-0.05, 0) is 26.0 Å². The third-order valence-electron chi connectivity index (χ3n) is 3.63. The van der Waals surface area contributed by atoms with Gasteiger partial charge in [0.05, 0.1) is 17.2 Å². The Bertz CT molecular complexity index is 879. The molecule has 0 saturated heterocycles. The highest BCUT2D eigenvalue weighted by molar-refractivity contribution is 14.0. The minimum Gasteiger partial charge on any atom is -0.356 e. The van der Waals surface area contributed by atoms with Gasteiger partial charge in [-0.1, -0.05) is 11.2 Å². The molecule has 2 N–H and O–H groups in total. The van der Waals surface area contributed by atoms with Gasteiger partial charge < -0.3 is 15.2 Å². The van der Waals surface area contributed by atoms with Gasteiger partial charge in [0, 0.05) is 31.1 Å². The van der Waals surface area contributed by atoms with Gasteiger partial charge in [0.25, 0.3) is 5.89 Å². The van der Waals surface area contributed by atoms with Crippen LogP contribution >= 0.6 is 35.3 Å². The summed E-state index contributed by atoms with van der Waals surface area (Å²) in [5.41, 5.74) is 1.73. The normalized spacial score (nSPS) is 11.1. The number of nitrogens with one attached hydrogen (secondary N) is 2. The quantitative estimate of drug-likeness (QED) is 0.306. The number of rotatable bonds is 6. The maximum Gasteiger partial charge on any atom is 0.276 e. The highest BCUT2D eigenvalue weighted by atomic mass is 127. The fraction of sp³-hybridized carbons (Fsp3) is 0.353. The van der Waals surface area contributed by atoms with Crippen LogP contribution in [0.1, 0.15) is 21.4 Å². The summed E-state index contributed by atoms with van der Waals surface area (Å²) in [6.45, 7) is 5.37. The van der Waals surface area contributed by atoms with Gasteiger partial charge in [-0.15, -0.1) is 35.3 Å². The molecule has 27 heavy (non-hydrogen) atoms. The van der Waals surface area contributed by atoms with Gasteiger partial charge in [0.2, 0.25) is 0 Å². The van der Waals surface area contributed by atoms with E-state index in [4.69, 9.17) is 4.52 Å². The molecule has 0 aliphatic rings. The summed E-state index contributed by atoms with van der Waals surface area (Å²) in [4.78, 5) is 18.4. The monoisotopic (exact) mass is 499 g/mol. The molecule has 0 aromatic carbocycles. The van der Waals surface area contributed by atoms with Crippen LogP contribution in [0.5, 0.6) is 0 Å². The Morgan fingerprint density at radius 2 is 2.07 bits per heavy atom. The molecule has 0 radical (unpaired) electrons. The van der Waals surface area contributed by atoms with Gasteiger partial charge in [0.1, 0.15) is 5.69 Å². The van der Waals surface area contributed by atoms with Gasteiger partial charge in [-0.3, -0.25) is 9.98 Å². The summed E-state index contributed by atoms with van der Waals surface area (Å²) in [5.74, 6) is 1.78. The van der Waals surface area contributed by atoms with E-state index in [1.807, 2.05) is 32.0 Å². The van der Waals surface area contributed by atoms with Crippen LogP contribution in [0.3, 0.4) is 0 Å². The summed E-state index contributed by atoms with van der Waals surface area (Å²) in [7, 11) is 1.74. The number of pyridine rings is 1. The second-order valence-electron chi connectivity index (χ2n) is 5.57. The van der Waals surface area contributed by atoms with E-state index in [-0.39, 0.29) is 24.0 Å². The number of guanidine groups is 1. The van der Waals surface area contributed by atoms with E-state index in [0.717, 1.165) is 16.7 Å². The van der Waals surface area contributed by atoms with Crippen molar-refractivity contribution >= 4 is 41.3 Å². The molecule has 0 fully saturated rings. The first-order chi connectivity index (χ1) is 12.7. The largest absolute Gasteiger partial charge is 0.356 e. The molecule has 144 valence electrons. The highest BCUT2D eigenvalue weighted by Crippen LogP contribution is 2.16. The molecule has 10 heteroatoms. The van der Waals surface area contributed by atoms with Crippen molar-refractivity contribution in [3.05, 3.63) is 45.8 Å². The molecule has 3 rings (SSSR count). The van der Waals surface area contributed by atoms with E-state index in [1.54, 1.807) is 24.6 Å². The van der Waals surface area contributed by atoms with Crippen LogP contribution in [-0.4, -0.2) is 39.7 Å². The Hall–Kier alpha value is -2.08. The smallest absolute Gasteiger partial charge is 0.276 e. The van der Waals surface area contributed by atoms with E-state index < -0.39 is 0 Å². The van der Waals surface area contributed by atoms with Crippen LogP contribution in [0.4, 0.5) is 0 Å². The summed E-state index contributed by atoms with van der Waals surface area (Å²) in [6.07, 6.45) is 2.32. The number of aromatic nitrogens is 4. The van der Waals surface area contributed by atoms with Gasteiger partial charge >= 0.3 is 0 Å². The number of nitrogens with zero attached hydrogens (tertiary/aromatic N) is 5. The molecule has 3 heterocycles. The maximum absolute atomic E-state index is 5.25. The minimum atomic E-state index is 0. The highest BCUT2D eigenvalue weighted by Gasteiger charge is 2.10. The van der Waals surface area contributed by atoms with Crippen molar-refractivity contribution in [1.82, 2.24) is 30.7 Å². The lowest BCUT2D eigenvalue weighted by atomic mass is 10.3. The molecule has 0 spiro atoms. The molecule has 8 nitrogen and oxygen atoms in total. The van der Waals surface area contributed by atoms with E-state index in [0.29, 0.717) is 36.9 Å². The SMILES string of the molecule is CN=C(NCCc1noc(-c2ccccn2)n1)NCc1sc(C)nc1C.I. The molecule has 0 unspecified atom stereocenters. The van der Waals surface area contributed by atoms with Gasteiger partial charge in [0.15, 0.2) is 11.8 Å². The Kier molecular flexibility index (Phi) is 8.10. The van der Waals surface area contributed by atoms with E-state index >= 15 is 0 Å². The van der Waals surface area contributed by atoms with Crippen molar-refractivity contribution in [2.24, 2.45) is 4.99 Å². The predicted molar refractivity (Wildman–Crippen MR) is 116 cm³/mol. The zero-order chi connectivity index (χ0) is 18.4. The second kappa shape index (κ2) is 10.3. The van der Waals surface area contributed by atoms with Crippen molar-refractivity contribution in [3.63, 3.8) is 0 Å². The topological polar surface area (TPSA) is 101 Å². The van der Waals surface area contributed by atoms with Crippen molar-refractivity contribution in [1.29, 1.82) is 0 Å².